The summed E-state index contributed by atoms with van der Waals surface area (Å²) < 4.78 is 7.69. The highest BCUT2D eigenvalue weighted by Gasteiger charge is 2.11. The molecule has 0 aliphatic carbocycles. The highest BCUT2D eigenvalue weighted by Crippen LogP contribution is 2.33. The molecular formula is C20H18BrClN2O2. The van der Waals surface area contributed by atoms with E-state index in [1.165, 1.54) is 11.8 Å². The van der Waals surface area contributed by atoms with Crippen LogP contribution in [0.1, 0.15) is 16.7 Å². The number of hydrogen-bond donors (Lipinski definition) is 1. The molecule has 1 heterocycles. The molecule has 4 nitrogen and oxygen atoms in total. The normalized spacial score (nSPS) is 11.7. The maximum atomic E-state index is 10.2. The van der Waals surface area contributed by atoms with Gasteiger partial charge in [-0.3, -0.25) is 0 Å². The fourth-order valence-corrected chi connectivity index (χ4v) is 3.25. The SMILES string of the molecule is Cc1cc(C)c(Oc2cc(=Nc3ccc(Cl)cc3)n(O)cc2Br)c(C)c1. The summed E-state index contributed by atoms with van der Waals surface area (Å²) in [4.78, 5) is 4.44. The standard InChI is InChI=1S/C20H18BrClN2O2/c1-12-8-13(2)20(14(3)9-12)26-18-10-19(24(25)11-17(18)21)23-16-6-4-15(22)5-7-16/h4-11,25H,1-3H3. The first kappa shape index (κ1) is 18.5. The van der Waals surface area contributed by atoms with Gasteiger partial charge in [-0.25, -0.2) is 4.99 Å². The molecule has 0 aliphatic heterocycles. The van der Waals surface area contributed by atoms with Crippen LogP contribution in [0.5, 0.6) is 11.5 Å². The van der Waals surface area contributed by atoms with Crippen LogP contribution in [0.3, 0.4) is 0 Å². The van der Waals surface area contributed by atoms with E-state index in [0.717, 1.165) is 21.6 Å². The first-order chi connectivity index (χ1) is 12.3. The van der Waals surface area contributed by atoms with Gasteiger partial charge in [0.25, 0.3) is 0 Å². The molecule has 2 aromatic carbocycles. The zero-order chi connectivity index (χ0) is 18.8. The van der Waals surface area contributed by atoms with Crippen molar-refractivity contribution >= 4 is 33.2 Å². The Balaban J connectivity index is 2.05. The second-order valence-electron chi connectivity index (χ2n) is 6.11. The van der Waals surface area contributed by atoms with E-state index in [-0.39, 0.29) is 0 Å². The van der Waals surface area contributed by atoms with Crippen molar-refractivity contribution in [3.8, 4) is 11.5 Å². The predicted molar refractivity (Wildman–Crippen MR) is 107 cm³/mol. The Hall–Kier alpha value is -2.24. The van der Waals surface area contributed by atoms with E-state index in [4.69, 9.17) is 16.3 Å². The van der Waals surface area contributed by atoms with Crippen LogP contribution >= 0.6 is 27.5 Å². The molecule has 0 spiro atoms. The monoisotopic (exact) mass is 432 g/mol. The van der Waals surface area contributed by atoms with Crippen molar-refractivity contribution in [1.29, 1.82) is 0 Å². The van der Waals surface area contributed by atoms with Gasteiger partial charge in [-0.05, 0) is 72.1 Å². The summed E-state index contributed by atoms with van der Waals surface area (Å²) in [6.45, 7) is 6.08. The Morgan fingerprint density at radius 1 is 1.04 bits per heavy atom. The number of halogens is 2. The molecule has 0 saturated carbocycles. The van der Waals surface area contributed by atoms with Gasteiger partial charge in [0.15, 0.2) is 5.49 Å². The van der Waals surface area contributed by atoms with Crippen molar-refractivity contribution in [2.24, 2.45) is 4.99 Å². The summed E-state index contributed by atoms with van der Waals surface area (Å²) in [5, 5.41) is 10.8. The number of nitrogens with zero attached hydrogens (tertiary/aromatic N) is 2. The molecule has 0 saturated heterocycles. The quantitative estimate of drug-likeness (QED) is 0.508. The third-order valence-electron chi connectivity index (χ3n) is 3.85. The van der Waals surface area contributed by atoms with Gasteiger partial charge in [-0.1, -0.05) is 29.3 Å². The highest BCUT2D eigenvalue weighted by atomic mass is 79.9. The van der Waals surface area contributed by atoms with Crippen LogP contribution < -0.4 is 10.2 Å². The van der Waals surface area contributed by atoms with Gasteiger partial charge in [0, 0.05) is 11.1 Å². The summed E-state index contributed by atoms with van der Waals surface area (Å²) in [5.41, 5.74) is 4.30. The molecule has 134 valence electrons. The molecule has 3 rings (SSSR count). The average Bonchev–Trinajstić information content (AvgIpc) is 2.56. The van der Waals surface area contributed by atoms with Crippen LogP contribution in [0, 0.1) is 20.8 Å². The van der Waals surface area contributed by atoms with E-state index < -0.39 is 0 Å². The summed E-state index contributed by atoms with van der Waals surface area (Å²) in [6.07, 6.45) is 1.50. The van der Waals surface area contributed by atoms with Crippen molar-refractivity contribution in [3.63, 3.8) is 0 Å². The molecule has 0 unspecified atom stereocenters. The zero-order valence-corrected chi connectivity index (χ0v) is 17.0. The molecule has 0 bridgehead atoms. The Morgan fingerprint density at radius 3 is 2.27 bits per heavy atom. The number of benzene rings is 2. The number of ether oxygens (including phenoxy) is 1. The number of hydrogen-bond acceptors (Lipinski definition) is 3. The van der Waals surface area contributed by atoms with Crippen molar-refractivity contribution in [2.45, 2.75) is 20.8 Å². The summed E-state index contributed by atoms with van der Waals surface area (Å²) >= 11 is 9.33. The Kier molecular flexibility index (Phi) is 5.39. The summed E-state index contributed by atoms with van der Waals surface area (Å²) in [5.74, 6) is 1.36. The molecule has 1 aromatic heterocycles. The molecule has 0 aliphatic rings. The third kappa shape index (κ3) is 4.11. The molecule has 0 fully saturated rings. The zero-order valence-electron chi connectivity index (χ0n) is 14.6. The Morgan fingerprint density at radius 2 is 1.65 bits per heavy atom. The second kappa shape index (κ2) is 7.56. The molecule has 0 atom stereocenters. The first-order valence-electron chi connectivity index (χ1n) is 8.01. The van der Waals surface area contributed by atoms with Crippen molar-refractivity contribution < 1.29 is 9.94 Å². The van der Waals surface area contributed by atoms with Crippen LogP contribution in [-0.4, -0.2) is 9.94 Å². The van der Waals surface area contributed by atoms with Gasteiger partial charge >= 0.3 is 0 Å². The second-order valence-corrected chi connectivity index (χ2v) is 7.40. The Labute approximate surface area is 165 Å². The maximum Gasteiger partial charge on any atom is 0.172 e. The number of pyridine rings is 1. The van der Waals surface area contributed by atoms with Crippen molar-refractivity contribution in [3.05, 3.63) is 80.3 Å². The van der Waals surface area contributed by atoms with E-state index in [1.807, 2.05) is 13.8 Å². The number of aryl methyl sites for hydroxylation is 3. The molecular weight excluding hydrogens is 416 g/mol. The van der Waals surface area contributed by atoms with E-state index in [9.17, 15) is 5.21 Å². The van der Waals surface area contributed by atoms with Crippen molar-refractivity contribution in [1.82, 2.24) is 4.73 Å². The minimum absolute atomic E-state index is 0.341. The lowest BCUT2D eigenvalue weighted by Gasteiger charge is -2.14. The molecule has 3 aromatic rings. The van der Waals surface area contributed by atoms with Crippen LogP contribution in [0.25, 0.3) is 0 Å². The minimum atomic E-state index is 0.341. The molecule has 1 N–H and O–H groups in total. The van der Waals surface area contributed by atoms with Crippen LogP contribution in [0.4, 0.5) is 5.69 Å². The molecule has 26 heavy (non-hydrogen) atoms. The number of aromatic nitrogens is 1. The summed E-state index contributed by atoms with van der Waals surface area (Å²) in [7, 11) is 0. The molecule has 6 heteroatoms. The third-order valence-corrected chi connectivity index (χ3v) is 4.70. The van der Waals surface area contributed by atoms with E-state index in [1.54, 1.807) is 30.3 Å². The largest absolute Gasteiger partial charge is 0.455 e. The summed E-state index contributed by atoms with van der Waals surface area (Å²) in [6, 6.07) is 12.9. The first-order valence-corrected chi connectivity index (χ1v) is 9.18. The fraction of sp³-hybridized carbons (Fsp3) is 0.150. The lowest BCUT2D eigenvalue weighted by Crippen LogP contribution is -2.18. The van der Waals surface area contributed by atoms with Crippen molar-refractivity contribution in [2.75, 3.05) is 0 Å². The fourth-order valence-electron chi connectivity index (χ4n) is 2.74. The van der Waals surface area contributed by atoms with Gasteiger partial charge < -0.3 is 9.94 Å². The van der Waals surface area contributed by atoms with Gasteiger partial charge in [0.1, 0.15) is 11.5 Å². The van der Waals surface area contributed by atoms with Gasteiger partial charge in [0.2, 0.25) is 0 Å². The minimum Gasteiger partial charge on any atom is -0.455 e. The van der Waals surface area contributed by atoms with Crippen LogP contribution in [-0.2, 0) is 0 Å². The van der Waals surface area contributed by atoms with Crippen LogP contribution in [0.2, 0.25) is 5.02 Å². The molecule has 0 amide bonds. The van der Waals surface area contributed by atoms with E-state index in [2.05, 4.69) is 40.0 Å². The van der Waals surface area contributed by atoms with E-state index >= 15 is 0 Å². The highest BCUT2D eigenvalue weighted by molar-refractivity contribution is 9.10. The van der Waals surface area contributed by atoms with Gasteiger partial charge in [-0.2, -0.15) is 4.73 Å². The molecule has 0 radical (unpaired) electrons. The maximum absolute atomic E-state index is 10.2. The van der Waals surface area contributed by atoms with E-state index in [0.29, 0.717) is 26.4 Å². The van der Waals surface area contributed by atoms with Crippen LogP contribution in [0.15, 0.2) is 58.1 Å². The smallest absolute Gasteiger partial charge is 0.172 e. The number of rotatable bonds is 3. The topological polar surface area (TPSA) is 46.8 Å². The predicted octanol–water partition coefficient (Wildman–Crippen LogP) is 6.09. The van der Waals surface area contributed by atoms with Gasteiger partial charge in [-0.15, -0.1) is 0 Å². The average molecular weight is 434 g/mol. The Bertz CT molecular complexity index is 1000. The lowest BCUT2D eigenvalue weighted by atomic mass is 10.1. The lowest BCUT2D eigenvalue weighted by molar-refractivity contribution is 0.170. The van der Waals surface area contributed by atoms with Gasteiger partial charge in [0.05, 0.1) is 16.4 Å².